The maximum atomic E-state index is 12.5. The van der Waals surface area contributed by atoms with Crippen LogP contribution in [0.15, 0.2) is 42.5 Å². The van der Waals surface area contributed by atoms with Crippen molar-refractivity contribution in [3.63, 3.8) is 0 Å². The Hall–Kier alpha value is -1.11. The number of hydrogen-bond acceptors (Lipinski definition) is 3. The van der Waals surface area contributed by atoms with Crippen molar-refractivity contribution in [1.29, 1.82) is 0 Å². The summed E-state index contributed by atoms with van der Waals surface area (Å²) >= 11 is 11.9. The second kappa shape index (κ2) is 8.93. The molecule has 0 aliphatic carbocycles. The average molecular weight is 427 g/mol. The number of nitrogens with one attached hydrogen (secondary N) is 1. The summed E-state index contributed by atoms with van der Waals surface area (Å²) in [7, 11) is -3.42. The Bertz CT molecular complexity index is 895. The fraction of sp³-hybridized carbons (Fsp3) is 0.400. The summed E-state index contributed by atoms with van der Waals surface area (Å²) in [5.74, 6) is -0.0899. The van der Waals surface area contributed by atoms with Crippen molar-refractivity contribution in [3.8, 4) is 0 Å². The Balaban J connectivity index is 1.51. The van der Waals surface area contributed by atoms with Crippen LogP contribution in [0.4, 0.5) is 0 Å². The number of piperidine rings is 1. The highest BCUT2D eigenvalue weighted by Crippen LogP contribution is 2.23. The molecule has 3 rings (SSSR count). The van der Waals surface area contributed by atoms with E-state index < -0.39 is 10.0 Å². The van der Waals surface area contributed by atoms with Crippen LogP contribution in [-0.2, 0) is 22.3 Å². The van der Waals surface area contributed by atoms with Gasteiger partial charge in [-0.1, -0.05) is 59.1 Å². The Morgan fingerprint density at radius 3 is 2.44 bits per heavy atom. The standard InChI is InChI=1S/C20H24Cl2N2O2S/c1-15-3-2-4-16(11-15)13-24-9-7-18(8-10-24)23-27(25,26)14-17-5-6-19(21)20(22)12-17/h2-6,11-12,18,23H,7-10,13-14H2,1H3. The van der Waals surface area contributed by atoms with Crippen LogP contribution in [-0.4, -0.2) is 32.4 Å². The van der Waals surface area contributed by atoms with Crippen LogP contribution >= 0.6 is 23.2 Å². The number of likely N-dealkylation sites (tertiary alicyclic amines) is 1. The molecule has 4 nitrogen and oxygen atoms in total. The summed E-state index contributed by atoms with van der Waals surface area (Å²) in [6, 6.07) is 13.4. The molecule has 7 heteroatoms. The minimum atomic E-state index is -3.42. The quantitative estimate of drug-likeness (QED) is 0.744. The summed E-state index contributed by atoms with van der Waals surface area (Å²) in [5.41, 5.74) is 3.19. The third kappa shape index (κ3) is 6.19. The topological polar surface area (TPSA) is 49.4 Å². The van der Waals surface area contributed by atoms with Gasteiger partial charge < -0.3 is 0 Å². The average Bonchev–Trinajstić information content (AvgIpc) is 2.59. The summed E-state index contributed by atoms with van der Waals surface area (Å²) < 4.78 is 27.8. The second-order valence-corrected chi connectivity index (χ2v) is 9.73. The zero-order chi connectivity index (χ0) is 19.4. The molecule has 1 aliphatic heterocycles. The lowest BCUT2D eigenvalue weighted by molar-refractivity contribution is 0.200. The van der Waals surface area contributed by atoms with Gasteiger partial charge in [0.1, 0.15) is 0 Å². The van der Waals surface area contributed by atoms with Crippen molar-refractivity contribution in [3.05, 3.63) is 69.2 Å². The molecular weight excluding hydrogens is 403 g/mol. The van der Waals surface area contributed by atoms with Crippen LogP contribution in [0.25, 0.3) is 0 Å². The summed E-state index contributed by atoms with van der Waals surface area (Å²) in [6.45, 7) is 4.77. The van der Waals surface area contributed by atoms with Crippen LogP contribution in [0.3, 0.4) is 0 Å². The van der Waals surface area contributed by atoms with Gasteiger partial charge in [-0.3, -0.25) is 4.90 Å². The van der Waals surface area contributed by atoms with Crippen molar-refractivity contribution < 1.29 is 8.42 Å². The van der Waals surface area contributed by atoms with Crippen molar-refractivity contribution in [1.82, 2.24) is 9.62 Å². The predicted molar refractivity (Wildman–Crippen MR) is 112 cm³/mol. The minimum absolute atomic E-state index is 0.0217. The molecule has 0 radical (unpaired) electrons. The molecule has 0 aromatic heterocycles. The molecule has 0 saturated carbocycles. The largest absolute Gasteiger partial charge is 0.299 e. The molecule has 0 bridgehead atoms. The molecule has 1 N–H and O–H groups in total. The van der Waals surface area contributed by atoms with Crippen molar-refractivity contribution in [2.75, 3.05) is 13.1 Å². The summed E-state index contributed by atoms with van der Waals surface area (Å²) in [5, 5.41) is 0.792. The van der Waals surface area contributed by atoms with Gasteiger partial charge in [0, 0.05) is 25.7 Å². The maximum absolute atomic E-state index is 12.5. The second-order valence-electron chi connectivity index (χ2n) is 7.16. The number of hydrogen-bond donors (Lipinski definition) is 1. The van der Waals surface area contributed by atoms with E-state index in [4.69, 9.17) is 23.2 Å². The van der Waals surface area contributed by atoms with Gasteiger partial charge in [-0.15, -0.1) is 0 Å². The van der Waals surface area contributed by atoms with E-state index in [9.17, 15) is 8.42 Å². The van der Waals surface area contributed by atoms with Gasteiger partial charge in [-0.2, -0.15) is 0 Å². The number of benzene rings is 2. The normalized spacial score (nSPS) is 16.6. The lowest BCUT2D eigenvalue weighted by Crippen LogP contribution is -2.44. The molecule has 1 aliphatic rings. The van der Waals surface area contributed by atoms with Crippen LogP contribution in [0.2, 0.25) is 10.0 Å². The number of sulfonamides is 1. The first-order chi connectivity index (χ1) is 12.8. The van der Waals surface area contributed by atoms with E-state index >= 15 is 0 Å². The van der Waals surface area contributed by atoms with Gasteiger partial charge in [0.2, 0.25) is 10.0 Å². The van der Waals surface area contributed by atoms with E-state index in [-0.39, 0.29) is 11.8 Å². The number of halogens is 2. The minimum Gasteiger partial charge on any atom is -0.299 e. The molecular formula is C20H24Cl2N2O2S. The maximum Gasteiger partial charge on any atom is 0.216 e. The van der Waals surface area contributed by atoms with Gasteiger partial charge in [-0.25, -0.2) is 13.1 Å². The van der Waals surface area contributed by atoms with Crippen LogP contribution in [0, 0.1) is 6.92 Å². The molecule has 0 unspecified atom stereocenters. The highest BCUT2D eigenvalue weighted by atomic mass is 35.5. The smallest absolute Gasteiger partial charge is 0.216 e. The van der Waals surface area contributed by atoms with Crippen LogP contribution < -0.4 is 4.72 Å². The van der Waals surface area contributed by atoms with Gasteiger partial charge >= 0.3 is 0 Å². The van der Waals surface area contributed by atoms with E-state index in [0.717, 1.165) is 32.5 Å². The highest BCUT2D eigenvalue weighted by Gasteiger charge is 2.24. The molecule has 1 fully saturated rings. The number of aryl methyl sites for hydroxylation is 1. The third-order valence-corrected chi connectivity index (χ3v) is 6.91. The molecule has 2 aromatic rings. The molecule has 0 atom stereocenters. The first kappa shape index (κ1) is 20.6. The van der Waals surface area contributed by atoms with Gasteiger partial charge in [-0.05, 0) is 43.0 Å². The van der Waals surface area contributed by atoms with Gasteiger partial charge in [0.25, 0.3) is 0 Å². The molecule has 0 amide bonds. The molecule has 1 heterocycles. The van der Waals surface area contributed by atoms with E-state index in [0.29, 0.717) is 15.6 Å². The lowest BCUT2D eigenvalue weighted by Gasteiger charge is -2.32. The van der Waals surface area contributed by atoms with Crippen LogP contribution in [0.5, 0.6) is 0 Å². The van der Waals surface area contributed by atoms with Crippen molar-refractivity contribution in [2.45, 2.75) is 38.1 Å². The molecule has 0 spiro atoms. The summed E-state index contributed by atoms with van der Waals surface area (Å²) in [4.78, 5) is 2.37. The van der Waals surface area contributed by atoms with Gasteiger partial charge in [0.15, 0.2) is 0 Å². The first-order valence-corrected chi connectivity index (χ1v) is 11.4. The van der Waals surface area contributed by atoms with Crippen molar-refractivity contribution >= 4 is 33.2 Å². The Morgan fingerprint density at radius 2 is 1.78 bits per heavy atom. The zero-order valence-corrected chi connectivity index (χ0v) is 17.6. The number of nitrogens with zero attached hydrogens (tertiary/aromatic N) is 1. The Kier molecular flexibility index (Phi) is 6.82. The SMILES string of the molecule is Cc1cccc(CN2CCC(NS(=O)(=O)Cc3ccc(Cl)c(Cl)c3)CC2)c1. The zero-order valence-electron chi connectivity index (χ0n) is 15.3. The molecule has 2 aromatic carbocycles. The monoisotopic (exact) mass is 426 g/mol. The van der Waals surface area contributed by atoms with E-state index in [2.05, 4.69) is 40.8 Å². The molecule has 1 saturated heterocycles. The van der Waals surface area contributed by atoms with Gasteiger partial charge in [0.05, 0.1) is 15.8 Å². The predicted octanol–water partition coefficient (Wildman–Crippen LogP) is 4.39. The van der Waals surface area contributed by atoms with Crippen molar-refractivity contribution in [2.24, 2.45) is 0 Å². The van der Waals surface area contributed by atoms with E-state index in [1.165, 1.54) is 11.1 Å². The third-order valence-electron chi connectivity index (χ3n) is 4.76. The number of rotatable bonds is 6. The fourth-order valence-corrected chi connectivity index (χ4v) is 5.19. The van der Waals surface area contributed by atoms with E-state index in [1.54, 1.807) is 18.2 Å². The Morgan fingerprint density at radius 1 is 1.04 bits per heavy atom. The fourth-order valence-electron chi connectivity index (χ4n) is 3.42. The highest BCUT2D eigenvalue weighted by molar-refractivity contribution is 7.88. The van der Waals surface area contributed by atoms with E-state index in [1.807, 2.05) is 0 Å². The van der Waals surface area contributed by atoms with Crippen LogP contribution in [0.1, 0.15) is 29.5 Å². The Labute approximate surface area is 171 Å². The molecule has 27 heavy (non-hydrogen) atoms. The first-order valence-electron chi connectivity index (χ1n) is 9.02. The summed E-state index contributed by atoms with van der Waals surface area (Å²) in [6.07, 6.45) is 1.62. The lowest BCUT2D eigenvalue weighted by atomic mass is 10.0. The molecule has 146 valence electrons.